The highest BCUT2D eigenvalue weighted by atomic mass is 127. The average Bonchev–Trinajstić information content (AvgIpc) is 2.35. The number of carbonyl (C=O) groups is 3. The van der Waals surface area contributed by atoms with Gasteiger partial charge in [-0.3, -0.25) is 14.4 Å². The minimum absolute atomic E-state index is 0.311. The van der Waals surface area contributed by atoms with E-state index in [-0.39, 0.29) is 6.61 Å². The molecule has 0 aromatic carbocycles. The fourth-order valence-electron chi connectivity index (χ4n) is 1.85. The molecule has 0 unspecified atom stereocenters. The molecule has 7 nitrogen and oxygen atoms in total. The van der Waals surface area contributed by atoms with Crippen LogP contribution in [0.2, 0.25) is 0 Å². The molecule has 0 radical (unpaired) electrons. The van der Waals surface area contributed by atoms with Crippen LogP contribution in [0.5, 0.6) is 0 Å². The zero-order valence-electron chi connectivity index (χ0n) is 11.7. The summed E-state index contributed by atoms with van der Waals surface area (Å²) in [6, 6.07) is 0. The summed E-state index contributed by atoms with van der Waals surface area (Å²) >= 11 is 1.72. The van der Waals surface area contributed by atoms with Crippen LogP contribution >= 0.6 is 22.6 Å². The molecular weight excluding hydrogens is 402 g/mol. The number of carbonyl (C=O) groups excluding carboxylic acids is 3. The van der Waals surface area contributed by atoms with Crippen molar-refractivity contribution in [3.05, 3.63) is 0 Å². The second kappa shape index (κ2) is 7.87. The van der Waals surface area contributed by atoms with E-state index in [1.165, 1.54) is 6.92 Å². The predicted octanol–water partition coefficient (Wildman–Crippen LogP) is 0.911. The molecule has 120 valence electrons. The summed E-state index contributed by atoms with van der Waals surface area (Å²) < 4.78 is 32.9. The number of hydrogen-bond acceptors (Lipinski definition) is 7. The molecule has 1 aliphatic heterocycles. The first kappa shape index (κ1) is 18.1. The van der Waals surface area contributed by atoms with Crippen LogP contribution in [0.3, 0.4) is 0 Å². The van der Waals surface area contributed by atoms with Gasteiger partial charge in [0.05, 0.1) is 0 Å². The van der Waals surface area contributed by atoms with Crippen LogP contribution in [-0.4, -0.2) is 53.1 Å². The zero-order valence-corrected chi connectivity index (χ0v) is 13.9. The van der Waals surface area contributed by atoms with Gasteiger partial charge in [-0.15, -0.1) is 0 Å². The van der Waals surface area contributed by atoms with Gasteiger partial charge < -0.3 is 18.9 Å². The van der Waals surface area contributed by atoms with Crippen LogP contribution in [0.4, 0.5) is 4.39 Å². The van der Waals surface area contributed by atoms with E-state index in [0.717, 1.165) is 13.8 Å². The van der Waals surface area contributed by atoms with Crippen molar-refractivity contribution < 1.29 is 37.7 Å². The maximum Gasteiger partial charge on any atom is 0.303 e. The molecule has 1 heterocycles. The molecule has 0 amide bonds. The predicted molar refractivity (Wildman–Crippen MR) is 75.3 cm³/mol. The van der Waals surface area contributed by atoms with E-state index in [0.29, 0.717) is 0 Å². The van der Waals surface area contributed by atoms with Crippen LogP contribution in [0, 0.1) is 0 Å². The summed E-state index contributed by atoms with van der Waals surface area (Å²) in [6.45, 7) is 3.20. The van der Waals surface area contributed by atoms with Gasteiger partial charge in [-0.1, -0.05) is 22.6 Å². The van der Waals surface area contributed by atoms with Crippen LogP contribution in [0.1, 0.15) is 20.8 Å². The molecule has 5 atom stereocenters. The topological polar surface area (TPSA) is 88.1 Å². The van der Waals surface area contributed by atoms with Gasteiger partial charge in [-0.25, -0.2) is 4.39 Å². The van der Waals surface area contributed by atoms with Gasteiger partial charge in [0.15, 0.2) is 12.2 Å². The highest BCUT2D eigenvalue weighted by molar-refractivity contribution is 14.1. The van der Waals surface area contributed by atoms with Crippen LogP contribution in [0.25, 0.3) is 0 Å². The lowest BCUT2D eigenvalue weighted by Gasteiger charge is -2.40. The molecule has 0 bridgehead atoms. The lowest BCUT2D eigenvalue weighted by Crippen LogP contribution is -2.58. The molecule has 0 aromatic heterocycles. The number of alkyl halides is 2. The highest BCUT2D eigenvalue weighted by Crippen LogP contribution is 2.32. The van der Waals surface area contributed by atoms with E-state index in [1.54, 1.807) is 22.6 Å². The van der Waals surface area contributed by atoms with E-state index >= 15 is 0 Å². The summed E-state index contributed by atoms with van der Waals surface area (Å²) in [7, 11) is 0. The molecule has 0 aromatic rings. The summed E-state index contributed by atoms with van der Waals surface area (Å²) in [5, 5.41) is 0. The number of ether oxygens (including phenoxy) is 4. The quantitative estimate of drug-likeness (QED) is 0.290. The first-order valence-corrected chi connectivity index (χ1v) is 7.38. The van der Waals surface area contributed by atoms with Gasteiger partial charge in [0.25, 0.3) is 0 Å². The van der Waals surface area contributed by atoms with Gasteiger partial charge in [-0.2, -0.15) is 0 Å². The first-order valence-electron chi connectivity index (χ1n) is 6.13. The number of halogens is 2. The van der Waals surface area contributed by atoms with Crippen molar-refractivity contribution >= 4 is 40.5 Å². The molecule has 0 aliphatic carbocycles. The normalized spacial score (nSPS) is 32.1. The average molecular weight is 418 g/mol. The number of esters is 3. The first-order chi connectivity index (χ1) is 9.72. The van der Waals surface area contributed by atoms with Gasteiger partial charge in [0.1, 0.15) is 16.6 Å². The molecule has 9 heteroatoms. The maximum atomic E-state index is 13.9. The highest BCUT2D eigenvalue weighted by Gasteiger charge is 2.49. The van der Waals surface area contributed by atoms with Gasteiger partial charge in [0, 0.05) is 20.8 Å². The lowest BCUT2D eigenvalue weighted by molar-refractivity contribution is -0.229. The van der Waals surface area contributed by atoms with Crippen LogP contribution in [0.15, 0.2) is 0 Å². The molecule has 0 N–H and O–H groups in total. The van der Waals surface area contributed by atoms with Gasteiger partial charge in [-0.05, 0) is 0 Å². The van der Waals surface area contributed by atoms with Crippen LogP contribution in [-0.2, 0) is 33.3 Å². The Bertz CT molecular complexity index is 416. The summed E-state index contributed by atoms with van der Waals surface area (Å²) in [5.41, 5.74) is 0. The summed E-state index contributed by atoms with van der Waals surface area (Å²) in [6.07, 6.45) is -4.89. The van der Waals surface area contributed by atoms with E-state index < -0.39 is 46.5 Å². The molecule has 1 aliphatic rings. The Hall–Kier alpha value is -0.970. The monoisotopic (exact) mass is 418 g/mol. The fraction of sp³-hybridized carbons (Fsp3) is 0.750. The maximum absolute atomic E-state index is 13.9. The van der Waals surface area contributed by atoms with Crippen molar-refractivity contribution in [2.24, 2.45) is 0 Å². The second-order valence-corrected chi connectivity index (χ2v) is 5.86. The molecule has 1 fully saturated rings. The van der Waals surface area contributed by atoms with E-state index in [1.807, 2.05) is 0 Å². The summed E-state index contributed by atoms with van der Waals surface area (Å²) in [5.74, 6) is -1.87. The minimum atomic E-state index is -1.75. The van der Waals surface area contributed by atoms with Crippen molar-refractivity contribution in [1.29, 1.82) is 0 Å². The Kier molecular flexibility index (Phi) is 6.78. The molecular formula is C12H16FIO7. The lowest BCUT2D eigenvalue weighted by atomic mass is 10.0. The minimum Gasteiger partial charge on any atom is -0.463 e. The zero-order chi connectivity index (χ0) is 16.2. The number of rotatable bonds is 4. The van der Waals surface area contributed by atoms with Crippen molar-refractivity contribution in [2.75, 3.05) is 6.61 Å². The van der Waals surface area contributed by atoms with E-state index in [4.69, 9.17) is 18.9 Å². The Labute approximate surface area is 134 Å². The molecule has 0 saturated carbocycles. The molecule has 1 rings (SSSR count). The van der Waals surface area contributed by atoms with Gasteiger partial charge in [0.2, 0.25) is 6.36 Å². The Morgan fingerprint density at radius 1 is 1.05 bits per heavy atom. The van der Waals surface area contributed by atoms with Crippen LogP contribution < -0.4 is 0 Å². The van der Waals surface area contributed by atoms with Crippen molar-refractivity contribution in [2.45, 2.75) is 49.4 Å². The Morgan fingerprint density at radius 2 is 1.57 bits per heavy atom. The smallest absolute Gasteiger partial charge is 0.303 e. The largest absolute Gasteiger partial charge is 0.463 e. The third-order valence-corrected chi connectivity index (χ3v) is 3.89. The van der Waals surface area contributed by atoms with E-state index in [9.17, 15) is 18.8 Å². The third kappa shape index (κ3) is 5.38. The molecule has 21 heavy (non-hydrogen) atoms. The Morgan fingerprint density at radius 3 is 2.05 bits per heavy atom. The van der Waals surface area contributed by atoms with E-state index in [2.05, 4.69) is 0 Å². The van der Waals surface area contributed by atoms with Crippen molar-refractivity contribution in [3.63, 3.8) is 0 Å². The second-order valence-electron chi connectivity index (χ2n) is 4.42. The summed E-state index contributed by atoms with van der Waals surface area (Å²) in [4.78, 5) is 33.2. The molecule has 1 saturated heterocycles. The third-order valence-electron chi connectivity index (χ3n) is 2.61. The van der Waals surface area contributed by atoms with Crippen molar-refractivity contribution in [3.8, 4) is 0 Å². The Balaban J connectivity index is 2.94. The molecule has 0 spiro atoms. The van der Waals surface area contributed by atoms with Gasteiger partial charge >= 0.3 is 17.9 Å². The SMILES string of the molecule is CC(=O)OC[C@H]1O[C@@H](F)[C@@H](I)[C@@H](OC(C)=O)[C@@H]1OC(C)=O. The standard InChI is InChI=1S/C12H16FIO7/c1-5(15)18-4-8-10(19-6(2)16)11(20-7(3)17)9(14)12(13)21-8/h8-12H,4H2,1-3H3/t8-,9+,10-,11-,12-/m1/s1. The number of hydrogen-bond donors (Lipinski definition) is 0. The fourth-order valence-corrected chi connectivity index (χ4v) is 2.58. The van der Waals surface area contributed by atoms with Crippen molar-refractivity contribution in [1.82, 2.24) is 0 Å².